The van der Waals surface area contributed by atoms with Crippen molar-refractivity contribution in [3.63, 3.8) is 0 Å². The van der Waals surface area contributed by atoms with E-state index in [0.717, 1.165) is 25.2 Å². The highest BCUT2D eigenvalue weighted by Crippen LogP contribution is 2.16. The third-order valence-corrected chi connectivity index (χ3v) is 3.79. The molecule has 0 bridgehead atoms. The number of ether oxygens (including phenoxy) is 1. The Morgan fingerprint density at radius 3 is 2.95 bits per heavy atom. The van der Waals surface area contributed by atoms with E-state index in [4.69, 9.17) is 9.84 Å². The molecule has 0 aliphatic carbocycles. The third kappa shape index (κ3) is 5.69. The lowest BCUT2D eigenvalue weighted by molar-refractivity contribution is -0.141. The number of aliphatic carboxylic acids is 1. The van der Waals surface area contributed by atoms with E-state index in [2.05, 4.69) is 5.32 Å². The molecule has 2 N–H and O–H groups in total. The Bertz CT molecular complexity index is 301. The number of carbonyl (C=O) groups excluding carboxylic acids is 1. The lowest BCUT2D eigenvalue weighted by Gasteiger charge is -2.32. The fraction of sp³-hybridized carbons (Fsp3) is 0.833. The fourth-order valence-electron chi connectivity index (χ4n) is 1.77. The Kier molecular flexibility index (Phi) is 7.66. The van der Waals surface area contributed by atoms with Crippen molar-refractivity contribution < 1.29 is 19.4 Å². The number of thioether (sulfide) groups is 1. The van der Waals surface area contributed by atoms with Crippen LogP contribution in [-0.4, -0.2) is 65.9 Å². The van der Waals surface area contributed by atoms with Gasteiger partial charge in [-0.3, -0.25) is 0 Å². The van der Waals surface area contributed by atoms with Crippen LogP contribution in [0.15, 0.2) is 0 Å². The van der Waals surface area contributed by atoms with E-state index in [9.17, 15) is 9.59 Å². The standard InChI is InChI=1S/C12H22N2O4S/c1-2-6-18-7-3-4-13-12(17)14-5-8-19-9-10(14)11(15)16/h10H,2-9H2,1H3,(H,13,17)(H,15,16). The van der Waals surface area contributed by atoms with Gasteiger partial charge in [-0.05, 0) is 12.8 Å². The second-order valence-electron chi connectivity index (χ2n) is 4.32. The molecule has 7 heteroatoms. The second-order valence-corrected chi connectivity index (χ2v) is 5.47. The van der Waals surface area contributed by atoms with Crippen molar-refractivity contribution in [1.29, 1.82) is 0 Å². The van der Waals surface area contributed by atoms with Crippen LogP contribution in [0.4, 0.5) is 4.79 Å². The minimum atomic E-state index is -0.936. The quantitative estimate of drug-likeness (QED) is 0.684. The molecular weight excluding hydrogens is 268 g/mol. The fourth-order valence-corrected chi connectivity index (χ4v) is 2.81. The molecule has 1 saturated heterocycles. The van der Waals surface area contributed by atoms with E-state index in [-0.39, 0.29) is 6.03 Å². The number of hydrogen-bond acceptors (Lipinski definition) is 4. The molecule has 1 aliphatic heterocycles. The summed E-state index contributed by atoms with van der Waals surface area (Å²) < 4.78 is 5.31. The van der Waals surface area contributed by atoms with Crippen molar-refractivity contribution >= 4 is 23.8 Å². The maximum absolute atomic E-state index is 11.9. The van der Waals surface area contributed by atoms with Gasteiger partial charge in [0, 0.05) is 37.8 Å². The van der Waals surface area contributed by atoms with Crippen molar-refractivity contribution in [3.8, 4) is 0 Å². The SMILES string of the molecule is CCCOCCCNC(=O)N1CCSCC1C(=O)O. The average Bonchev–Trinajstić information content (AvgIpc) is 2.42. The first-order valence-corrected chi connectivity index (χ1v) is 7.75. The van der Waals surface area contributed by atoms with Gasteiger partial charge < -0.3 is 20.1 Å². The molecule has 110 valence electrons. The largest absolute Gasteiger partial charge is 0.480 e. The van der Waals surface area contributed by atoms with Gasteiger partial charge >= 0.3 is 12.0 Å². The molecular formula is C12H22N2O4S. The Hall–Kier alpha value is -0.950. The van der Waals surface area contributed by atoms with Crippen LogP contribution in [-0.2, 0) is 9.53 Å². The minimum Gasteiger partial charge on any atom is -0.480 e. The zero-order valence-electron chi connectivity index (χ0n) is 11.3. The topological polar surface area (TPSA) is 78.9 Å². The van der Waals surface area contributed by atoms with E-state index in [0.29, 0.717) is 25.4 Å². The number of carboxylic acid groups (broad SMARTS) is 1. The predicted octanol–water partition coefficient (Wildman–Crippen LogP) is 1.01. The second kappa shape index (κ2) is 9.03. The van der Waals surface area contributed by atoms with Crippen molar-refractivity contribution in [2.75, 3.05) is 37.8 Å². The Labute approximate surface area is 117 Å². The van der Waals surface area contributed by atoms with Gasteiger partial charge in [-0.1, -0.05) is 6.92 Å². The van der Waals surface area contributed by atoms with Gasteiger partial charge in [0.1, 0.15) is 6.04 Å². The molecule has 0 aromatic carbocycles. The van der Waals surface area contributed by atoms with E-state index in [1.165, 1.54) is 4.90 Å². The summed E-state index contributed by atoms with van der Waals surface area (Å²) in [5, 5.41) is 11.8. The summed E-state index contributed by atoms with van der Waals surface area (Å²) in [4.78, 5) is 24.4. The normalized spacial score (nSPS) is 19.2. The number of rotatable bonds is 7. The molecule has 1 atom stereocenters. The smallest absolute Gasteiger partial charge is 0.327 e. The average molecular weight is 290 g/mol. The monoisotopic (exact) mass is 290 g/mol. The van der Waals surface area contributed by atoms with E-state index in [1.807, 2.05) is 6.92 Å². The Morgan fingerprint density at radius 2 is 2.26 bits per heavy atom. The first-order valence-electron chi connectivity index (χ1n) is 6.59. The summed E-state index contributed by atoms with van der Waals surface area (Å²) in [7, 11) is 0. The van der Waals surface area contributed by atoms with Crippen molar-refractivity contribution in [2.45, 2.75) is 25.8 Å². The highest BCUT2D eigenvalue weighted by atomic mass is 32.2. The van der Waals surface area contributed by atoms with E-state index in [1.54, 1.807) is 11.8 Å². The van der Waals surface area contributed by atoms with Gasteiger partial charge in [0.15, 0.2) is 0 Å². The summed E-state index contributed by atoms with van der Waals surface area (Å²) in [5.74, 6) is 0.313. The number of amides is 2. The summed E-state index contributed by atoms with van der Waals surface area (Å²) in [6.07, 6.45) is 1.73. The molecule has 1 unspecified atom stereocenters. The van der Waals surface area contributed by atoms with Crippen molar-refractivity contribution in [3.05, 3.63) is 0 Å². The lowest BCUT2D eigenvalue weighted by atomic mass is 10.3. The molecule has 1 aliphatic rings. The summed E-state index contributed by atoms with van der Waals surface area (Å²) in [5.41, 5.74) is 0. The van der Waals surface area contributed by atoms with Gasteiger partial charge in [-0.25, -0.2) is 9.59 Å². The van der Waals surface area contributed by atoms with Crippen LogP contribution in [0.3, 0.4) is 0 Å². The van der Waals surface area contributed by atoms with Gasteiger partial charge in [0.25, 0.3) is 0 Å². The van der Waals surface area contributed by atoms with Crippen LogP contribution in [0.1, 0.15) is 19.8 Å². The Morgan fingerprint density at radius 1 is 1.47 bits per heavy atom. The van der Waals surface area contributed by atoms with Crippen LogP contribution < -0.4 is 5.32 Å². The molecule has 0 aromatic rings. The van der Waals surface area contributed by atoms with Gasteiger partial charge in [-0.15, -0.1) is 0 Å². The molecule has 6 nitrogen and oxygen atoms in total. The number of nitrogens with zero attached hydrogens (tertiary/aromatic N) is 1. The minimum absolute atomic E-state index is 0.289. The van der Waals surface area contributed by atoms with Crippen LogP contribution in [0.2, 0.25) is 0 Å². The van der Waals surface area contributed by atoms with E-state index >= 15 is 0 Å². The number of carbonyl (C=O) groups is 2. The number of nitrogens with one attached hydrogen (secondary N) is 1. The highest BCUT2D eigenvalue weighted by Gasteiger charge is 2.32. The number of urea groups is 1. The molecule has 1 rings (SSSR count). The van der Waals surface area contributed by atoms with Crippen molar-refractivity contribution in [2.24, 2.45) is 0 Å². The summed E-state index contributed by atoms with van der Waals surface area (Å²) in [6, 6.07) is -1.00. The number of carboxylic acids is 1. The first-order chi connectivity index (χ1) is 9.16. The maximum Gasteiger partial charge on any atom is 0.327 e. The van der Waals surface area contributed by atoms with Gasteiger partial charge in [0.2, 0.25) is 0 Å². The highest BCUT2D eigenvalue weighted by molar-refractivity contribution is 7.99. The molecule has 0 saturated carbocycles. The molecule has 1 heterocycles. The molecule has 1 fully saturated rings. The van der Waals surface area contributed by atoms with Gasteiger partial charge in [-0.2, -0.15) is 11.8 Å². The molecule has 19 heavy (non-hydrogen) atoms. The van der Waals surface area contributed by atoms with Crippen LogP contribution >= 0.6 is 11.8 Å². The number of hydrogen-bond donors (Lipinski definition) is 2. The van der Waals surface area contributed by atoms with Crippen molar-refractivity contribution in [1.82, 2.24) is 10.2 Å². The summed E-state index contributed by atoms with van der Waals surface area (Å²) in [6.45, 7) is 4.39. The third-order valence-electron chi connectivity index (χ3n) is 2.76. The maximum atomic E-state index is 11.9. The molecule has 0 spiro atoms. The van der Waals surface area contributed by atoms with Gasteiger partial charge in [0.05, 0.1) is 0 Å². The summed E-state index contributed by atoms with van der Waals surface area (Å²) >= 11 is 1.57. The van der Waals surface area contributed by atoms with Crippen LogP contribution in [0.25, 0.3) is 0 Å². The lowest BCUT2D eigenvalue weighted by Crippen LogP contribution is -2.53. The van der Waals surface area contributed by atoms with E-state index < -0.39 is 12.0 Å². The van der Waals surface area contributed by atoms with Crippen LogP contribution in [0.5, 0.6) is 0 Å². The Balaban J connectivity index is 2.25. The van der Waals surface area contributed by atoms with Crippen LogP contribution in [0, 0.1) is 0 Å². The predicted molar refractivity (Wildman–Crippen MR) is 74.6 cm³/mol. The zero-order valence-corrected chi connectivity index (χ0v) is 12.1. The molecule has 2 amide bonds. The molecule has 0 aromatic heterocycles. The molecule has 0 radical (unpaired) electrons. The first kappa shape index (κ1) is 16.1. The zero-order chi connectivity index (χ0) is 14.1.